The van der Waals surface area contributed by atoms with E-state index in [1.54, 1.807) is 11.3 Å². The van der Waals surface area contributed by atoms with Gasteiger partial charge >= 0.3 is 0 Å². The second-order valence-electron chi connectivity index (χ2n) is 8.27. The van der Waals surface area contributed by atoms with Crippen molar-refractivity contribution < 1.29 is 19.1 Å². The Hall–Kier alpha value is -3.24. The average molecular weight is 514 g/mol. The zero-order valence-corrected chi connectivity index (χ0v) is 20.7. The number of rotatable bonds is 7. The summed E-state index contributed by atoms with van der Waals surface area (Å²) in [6.07, 6.45) is 5.08. The molecule has 1 aromatic carbocycles. The molecule has 1 fully saturated rings. The summed E-state index contributed by atoms with van der Waals surface area (Å²) in [5.41, 5.74) is 2.62. The number of amides is 1. The Morgan fingerprint density at radius 3 is 2.80 bits per heavy atom. The minimum Gasteiger partial charge on any atom is -0.480 e. The first kappa shape index (κ1) is 23.5. The number of aromatic nitrogens is 3. The van der Waals surface area contributed by atoms with Crippen molar-refractivity contribution in [2.24, 2.45) is 5.16 Å². The molecule has 4 heterocycles. The van der Waals surface area contributed by atoms with Gasteiger partial charge in [-0.15, -0.1) is 11.3 Å². The monoisotopic (exact) mass is 513 g/mol. The first-order chi connectivity index (χ1) is 17.1. The molecular formula is C24H24ClN5O4S. The Bertz CT molecular complexity index is 1230. The first-order valence-corrected chi connectivity index (χ1v) is 12.6. The maximum absolute atomic E-state index is 12.6. The molecule has 0 N–H and O–H groups in total. The van der Waals surface area contributed by atoms with Crippen LogP contribution in [0.25, 0.3) is 0 Å². The first-order valence-electron chi connectivity index (χ1n) is 11.3. The van der Waals surface area contributed by atoms with Crippen LogP contribution < -0.4 is 9.47 Å². The van der Waals surface area contributed by atoms with Crippen LogP contribution in [-0.2, 0) is 9.63 Å². The van der Waals surface area contributed by atoms with Gasteiger partial charge in [-0.2, -0.15) is 4.98 Å². The zero-order valence-electron chi connectivity index (χ0n) is 19.1. The topological polar surface area (TPSA) is 99.0 Å². The van der Waals surface area contributed by atoms with Crippen molar-refractivity contribution in [1.29, 1.82) is 0 Å². The number of halogens is 1. The van der Waals surface area contributed by atoms with Gasteiger partial charge in [-0.05, 0) is 18.9 Å². The van der Waals surface area contributed by atoms with E-state index in [9.17, 15) is 4.79 Å². The molecule has 35 heavy (non-hydrogen) atoms. The number of benzene rings is 1. The zero-order chi connectivity index (χ0) is 24.2. The molecular weight excluding hydrogens is 490 g/mol. The smallest absolute Gasteiger partial charge is 0.260 e. The second kappa shape index (κ2) is 10.6. The summed E-state index contributed by atoms with van der Waals surface area (Å²) in [5, 5.41) is 8.05. The highest BCUT2D eigenvalue weighted by Gasteiger charge is 2.29. The van der Waals surface area contributed by atoms with Crippen LogP contribution in [0.15, 0.2) is 47.2 Å². The van der Waals surface area contributed by atoms with Crippen molar-refractivity contribution in [2.75, 3.05) is 26.8 Å². The van der Waals surface area contributed by atoms with Crippen molar-refractivity contribution in [3.63, 3.8) is 0 Å². The number of methoxy groups -OCH3 is 1. The summed E-state index contributed by atoms with van der Waals surface area (Å²) in [7, 11) is 1.50. The number of hydrogen-bond donors (Lipinski definition) is 0. The van der Waals surface area contributed by atoms with Crippen molar-refractivity contribution in [3.05, 3.63) is 63.3 Å². The Morgan fingerprint density at radius 1 is 1.20 bits per heavy atom. The van der Waals surface area contributed by atoms with Gasteiger partial charge < -0.3 is 19.2 Å². The summed E-state index contributed by atoms with van der Waals surface area (Å²) >= 11 is 7.94. The normalized spacial score (nSPS) is 18.2. The van der Waals surface area contributed by atoms with Crippen molar-refractivity contribution >= 4 is 34.6 Å². The van der Waals surface area contributed by atoms with E-state index in [0.717, 1.165) is 34.8 Å². The predicted octanol–water partition coefficient (Wildman–Crippen LogP) is 4.25. The van der Waals surface area contributed by atoms with Gasteiger partial charge in [-0.25, -0.2) is 4.98 Å². The third kappa shape index (κ3) is 5.38. The van der Waals surface area contributed by atoms with Crippen LogP contribution in [0, 0.1) is 0 Å². The molecule has 9 nitrogen and oxygen atoms in total. The predicted molar refractivity (Wildman–Crippen MR) is 131 cm³/mol. The fourth-order valence-electron chi connectivity index (χ4n) is 4.14. The number of thiazole rings is 1. The van der Waals surface area contributed by atoms with E-state index in [1.807, 2.05) is 34.5 Å². The standard InChI is InChI=1S/C24H24ClN5O4S/c1-32-21-11-26-12-22(28-21)33-13-23(31)30-8-6-15(7-9-30)24-27-19(14-35-24)18-10-20(34-29-18)16-4-2-3-5-17(16)25/h2-5,11-12,14-15,20H,6-10,13H2,1H3. The molecule has 5 rings (SSSR count). The number of likely N-dealkylation sites (tertiary alicyclic amines) is 1. The van der Waals surface area contributed by atoms with E-state index in [2.05, 4.69) is 15.1 Å². The molecule has 2 aromatic heterocycles. The Balaban J connectivity index is 1.12. The fraction of sp³-hybridized carbons (Fsp3) is 0.375. The second-order valence-corrected chi connectivity index (χ2v) is 9.57. The van der Waals surface area contributed by atoms with E-state index < -0.39 is 0 Å². The van der Waals surface area contributed by atoms with Gasteiger partial charge in [0.1, 0.15) is 5.71 Å². The van der Waals surface area contributed by atoms with E-state index in [1.165, 1.54) is 19.5 Å². The lowest BCUT2D eigenvalue weighted by Gasteiger charge is -2.31. The number of oxime groups is 1. The van der Waals surface area contributed by atoms with E-state index in [0.29, 0.717) is 36.3 Å². The molecule has 2 aliphatic rings. The molecule has 0 saturated carbocycles. The quantitative estimate of drug-likeness (QED) is 0.465. The molecule has 182 valence electrons. The lowest BCUT2D eigenvalue weighted by molar-refractivity contribution is -0.134. The van der Waals surface area contributed by atoms with Gasteiger partial charge in [0.2, 0.25) is 11.8 Å². The van der Waals surface area contributed by atoms with Crippen LogP contribution in [0.2, 0.25) is 5.02 Å². The van der Waals surface area contributed by atoms with Gasteiger partial charge in [0.05, 0.1) is 30.2 Å². The minimum absolute atomic E-state index is 0.0732. The molecule has 0 bridgehead atoms. The van der Waals surface area contributed by atoms with Crippen molar-refractivity contribution in [3.8, 4) is 11.8 Å². The van der Waals surface area contributed by atoms with Crippen molar-refractivity contribution in [1.82, 2.24) is 19.9 Å². The number of hydrogen-bond acceptors (Lipinski definition) is 9. The van der Waals surface area contributed by atoms with Gasteiger partial charge in [0, 0.05) is 41.4 Å². The molecule has 0 radical (unpaired) electrons. The average Bonchev–Trinajstić information content (AvgIpc) is 3.58. The van der Waals surface area contributed by atoms with Gasteiger partial charge in [-0.1, -0.05) is 35.0 Å². The summed E-state index contributed by atoms with van der Waals surface area (Å²) in [6, 6.07) is 7.66. The molecule has 0 aliphatic carbocycles. The number of ether oxygens (including phenoxy) is 2. The lowest BCUT2D eigenvalue weighted by atomic mass is 9.97. The lowest BCUT2D eigenvalue weighted by Crippen LogP contribution is -2.40. The van der Waals surface area contributed by atoms with Crippen LogP contribution in [0.1, 0.15) is 47.5 Å². The SMILES string of the molecule is COc1cncc(OCC(=O)N2CCC(c3nc(C4=NOC(c5ccccc5Cl)C4)cs3)CC2)n1. The maximum atomic E-state index is 12.6. The van der Waals surface area contributed by atoms with E-state index in [-0.39, 0.29) is 24.5 Å². The number of nitrogens with zero attached hydrogens (tertiary/aromatic N) is 5. The molecule has 1 amide bonds. The summed E-state index contributed by atoms with van der Waals surface area (Å²) in [6.45, 7) is 1.23. The summed E-state index contributed by atoms with van der Waals surface area (Å²) in [5.74, 6) is 0.841. The molecule has 1 atom stereocenters. The highest BCUT2D eigenvalue weighted by molar-refractivity contribution is 7.10. The minimum atomic E-state index is -0.191. The van der Waals surface area contributed by atoms with Crippen LogP contribution >= 0.6 is 22.9 Å². The molecule has 1 unspecified atom stereocenters. The van der Waals surface area contributed by atoms with E-state index >= 15 is 0 Å². The third-order valence-electron chi connectivity index (χ3n) is 6.08. The van der Waals surface area contributed by atoms with Gasteiger partial charge in [0.15, 0.2) is 12.7 Å². The molecule has 2 aliphatic heterocycles. The maximum Gasteiger partial charge on any atom is 0.260 e. The highest BCUT2D eigenvalue weighted by Crippen LogP contribution is 2.35. The van der Waals surface area contributed by atoms with Crippen LogP contribution in [0.5, 0.6) is 11.8 Å². The largest absolute Gasteiger partial charge is 0.480 e. The highest BCUT2D eigenvalue weighted by atomic mass is 35.5. The molecule has 11 heteroatoms. The molecule has 3 aromatic rings. The Morgan fingerprint density at radius 2 is 2.00 bits per heavy atom. The van der Waals surface area contributed by atoms with Crippen molar-refractivity contribution in [2.45, 2.75) is 31.3 Å². The van der Waals surface area contributed by atoms with Crippen LogP contribution in [-0.4, -0.2) is 58.3 Å². The Labute approximate surface area is 211 Å². The van der Waals surface area contributed by atoms with Gasteiger partial charge in [-0.3, -0.25) is 9.78 Å². The number of piperidine rings is 1. The fourth-order valence-corrected chi connectivity index (χ4v) is 5.40. The van der Waals surface area contributed by atoms with Gasteiger partial charge in [0.25, 0.3) is 5.91 Å². The molecule has 0 spiro atoms. The molecule has 1 saturated heterocycles. The summed E-state index contributed by atoms with van der Waals surface area (Å²) in [4.78, 5) is 33.0. The van der Waals surface area contributed by atoms with Crippen LogP contribution in [0.4, 0.5) is 0 Å². The number of carbonyl (C=O) groups is 1. The van der Waals surface area contributed by atoms with E-state index in [4.69, 9.17) is 30.9 Å². The third-order valence-corrected chi connectivity index (χ3v) is 7.43. The summed E-state index contributed by atoms with van der Waals surface area (Å²) < 4.78 is 10.5. The number of carbonyl (C=O) groups excluding carboxylic acids is 1. The Kier molecular flexibility index (Phi) is 7.10. The van der Waals surface area contributed by atoms with Crippen LogP contribution in [0.3, 0.4) is 0 Å².